The quantitative estimate of drug-likeness (QED) is 0.624. The fraction of sp³-hybridized carbons (Fsp3) is 0.391. The number of halogens is 2. The summed E-state index contributed by atoms with van der Waals surface area (Å²) in [6.45, 7) is 2.12. The minimum absolute atomic E-state index is 0.0461. The molecule has 4 nitrogen and oxygen atoms in total. The lowest BCUT2D eigenvalue weighted by molar-refractivity contribution is 0.0926. The van der Waals surface area contributed by atoms with Crippen molar-refractivity contribution in [1.29, 1.82) is 0 Å². The third kappa shape index (κ3) is 3.21. The van der Waals surface area contributed by atoms with Gasteiger partial charge in [0.1, 0.15) is 11.3 Å². The maximum atomic E-state index is 14.3. The van der Waals surface area contributed by atoms with Crippen molar-refractivity contribution in [1.82, 2.24) is 15.1 Å². The van der Waals surface area contributed by atoms with Gasteiger partial charge < -0.3 is 5.32 Å². The lowest BCUT2D eigenvalue weighted by Crippen LogP contribution is -2.37. The van der Waals surface area contributed by atoms with Gasteiger partial charge in [-0.2, -0.15) is 5.10 Å². The Morgan fingerprint density at radius 2 is 1.97 bits per heavy atom. The molecule has 2 aromatic carbocycles. The van der Waals surface area contributed by atoms with Crippen LogP contribution in [-0.4, -0.2) is 21.7 Å². The van der Waals surface area contributed by atoms with Crippen LogP contribution in [0.3, 0.4) is 0 Å². The van der Waals surface area contributed by atoms with E-state index >= 15 is 0 Å². The summed E-state index contributed by atoms with van der Waals surface area (Å²) in [5.41, 5.74) is 1.24. The molecule has 0 bridgehead atoms. The molecule has 1 amide bonds. The van der Waals surface area contributed by atoms with Crippen LogP contribution in [0.15, 0.2) is 48.7 Å². The zero-order valence-corrected chi connectivity index (χ0v) is 16.9. The lowest BCUT2D eigenvalue weighted by atomic mass is 9.99. The van der Waals surface area contributed by atoms with Gasteiger partial charge in [-0.05, 0) is 67.3 Å². The molecule has 150 valence electrons. The van der Waals surface area contributed by atoms with Gasteiger partial charge >= 0.3 is 0 Å². The number of aromatic nitrogens is 2. The lowest BCUT2D eigenvalue weighted by Gasteiger charge is -2.22. The minimum atomic E-state index is -0.209. The topological polar surface area (TPSA) is 46.9 Å². The van der Waals surface area contributed by atoms with Crippen molar-refractivity contribution in [3.05, 3.63) is 65.1 Å². The minimum Gasteiger partial charge on any atom is -0.349 e. The molecule has 1 heterocycles. The molecule has 0 saturated heterocycles. The highest BCUT2D eigenvalue weighted by Gasteiger charge is 2.59. The van der Waals surface area contributed by atoms with Crippen LogP contribution in [0.5, 0.6) is 0 Å². The molecule has 2 saturated carbocycles. The van der Waals surface area contributed by atoms with Crippen molar-refractivity contribution in [2.75, 3.05) is 0 Å². The summed E-state index contributed by atoms with van der Waals surface area (Å²) >= 11 is 5.91. The second-order valence-corrected chi connectivity index (χ2v) is 8.73. The molecule has 2 aliphatic rings. The van der Waals surface area contributed by atoms with E-state index in [0.29, 0.717) is 33.9 Å². The molecule has 2 fully saturated rings. The largest absolute Gasteiger partial charge is 0.349 e. The van der Waals surface area contributed by atoms with E-state index in [9.17, 15) is 9.18 Å². The van der Waals surface area contributed by atoms with Gasteiger partial charge in [0, 0.05) is 22.0 Å². The van der Waals surface area contributed by atoms with Crippen molar-refractivity contribution in [2.24, 2.45) is 17.8 Å². The third-order valence-electron chi connectivity index (χ3n) is 6.73. The third-order valence-corrected chi connectivity index (χ3v) is 6.98. The van der Waals surface area contributed by atoms with Crippen LogP contribution in [0, 0.1) is 23.6 Å². The van der Waals surface area contributed by atoms with Crippen LogP contribution in [0.2, 0.25) is 5.02 Å². The highest BCUT2D eigenvalue weighted by atomic mass is 35.5. The number of carbonyl (C=O) groups excluding carboxylic acids is 1. The molecule has 5 rings (SSSR count). The van der Waals surface area contributed by atoms with Gasteiger partial charge in [0.25, 0.3) is 5.91 Å². The molecule has 6 heteroatoms. The molecule has 0 radical (unpaired) electrons. The van der Waals surface area contributed by atoms with Gasteiger partial charge in [-0.15, -0.1) is 0 Å². The predicted molar refractivity (Wildman–Crippen MR) is 111 cm³/mol. The Balaban J connectivity index is 1.26. The van der Waals surface area contributed by atoms with Crippen LogP contribution in [0.25, 0.3) is 10.9 Å². The maximum absolute atomic E-state index is 14.3. The molecule has 0 spiro atoms. The van der Waals surface area contributed by atoms with E-state index in [1.165, 1.54) is 6.07 Å². The Hall–Kier alpha value is -2.40. The van der Waals surface area contributed by atoms with Gasteiger partial charge in [-0.3, -0.25) is 9.48 Å². The molecule has 3 unspecified atom stereocenters. The van der Waals surface area contributed by atoms with Gasteiger partial charge in [-0.1, -0.05) is 30.7 Å². The van der Waals surface area contributed by atoms with Crippen molar-refractivity contribution in [2.45, 2.75) is 38.3 Å². The van der Waals surface area contributed by atoms with Crippen LogP contribution >= 0.6 is 11.6 Å². The van der Waals surface area contributed by atoms with E-state index in [1.807, 2.05) is 10.7 Å². The number of rotatable bonds is 5. The zero-order valence-electron chi connectivity index (χ0n) is 16.2. The summed E-state index contributed by atoms with van der Waals surface area (Å²) in [5, 5.41) is 9.17. The molecule has 3 aromatic rings. The van der Waals surface area contributed by atoms with E-state index < -0.39 is 0 Å². The fourth-order valence-electron chi connectivity index (χ4n) is 5.32. The van der Waals surface area contributed by atoms with E-state index in [1.54, 1.807) is 36.5 Å². The molecule has 3 atom stereocenters. The Morgan fingerprint density at radius 1 is 1.24 bits per heavy atom. The molecular weight excluding hydrogens is 389 g/mol. The summed E-state index contributed by atoms with van der Waals surface area (Å²) in [6.07, 6.45) is 4.64. The molecule has 29 heavy (non-hydrogen) atoms. The SMILES string of the molecule is CCC(NC(=O)c1ccc(Cl)cc1)C1C2CC(n3ncc4cccc(F)c43)CC21. The summed E-state index contributed by atoms with van der Waals surface area (Å²) in [4.78, 5) is 12.6. The van der Waals surface area contributed by atoms with E-state index in [0.717, 1.165) is 24.6 Å². The first-order chi connectivity index (χ1) is 14.1. The monoisotopic (exact) mass is 411 g/mol. The average Bonchev–Trinajstić information content (AvgIpc) is 3.08. The summed E-state index contributed by atoms with van der Waals surface area (Å²) in [6, 6.07) is 12.5. The highest BCUT2D eigenvalue weighted by molar-refractivity contribution is 6.30. The normalized spacial score (nSPS) is 26.3. The molecule has 1 aromatic heterocycles. The van der Waals surface area contributed by atoms with Crippen molar-refractivity contribution >= 4 is 28.4 Å². The van der Waals surface area contributed by atoms with E-state index in [4.69, 9.17) is 11.6 Å². The standard InChI is InChI=1S/C23H23ClFN3O/c1-2-20(27-23(29)13-6-8-15(24)9-7-13)21-17-10-16(11-18(17)21)28-22-14(12-26-28)4-3-5-19(22)25/h3-9,12,16-18,20-21H,2,10-11H2,1H3,(H,27,29). The average molecular weight is 412 g/mol. The van der Waals surface area contributed by atoms with Crippen LogP contribution < -0.4 is 5.32 Å². The fourth-order valence-corrected chi connectivity index (χ4v) is 5.45. The number of para-hydroxylation sites is 1. The first-order valence-electron chi connectivity index (χ1n) is 10.2. The number of hydrogen-bond donors (Lipinski definition) is 1. The number of amides is 1. The van der Waals surface area contributed by atoms with Gasteiger partial charge in [0.05, 0.1) is 12.2 Å². The van der Waals surface area contributed by atoms with Gasteiger partial charge in [0.15, 0.2) is 0 Å². The zero-order chi connectivity index (χ0) is 20.1. The second kappa shape index (κ2) is 7.13. The van der Waals surface area contributed by atoms with Crippen molar-refractivity contribution in [3.63, 3.8) is 0 Å². The van der Waals surface area contributed by atoms with Crippen molar-refractivity contribution in [3.8, 4) is 0 Å². The number of benzene rings is 2. The second-order valence-electron chi connectivity index (χ2n) is 8.29. The number of fused-ring (bicyclic) bond motifs is 2. The molecule has 2 aliphatic carbocycles. The Morgan fingerprint density at radius 3 is 2.66 bits per heavy atom. The summed E-state index contributed by atoms with van der Waals surface area (Å²) in [7, 11) is 0. The summed E-state index contributed by atoms with van der Waals surface area (Å²) in [5.74, 6) is 1.39. The van der Waals surface area contributed by atoms with E-state index in [2.05, 4.69) is 17.3 Å². The number of hydrogen-bond acceptors (Lipinski definition) is 2. The van der Waals surface area contributed by atoms with Crippen LogP contribution in [0.4, 0.5) is 4.39 Å². The predicted octanol–water partition coefficient (Wildman–Crippen LogP) is 5.23. The first-order valence-corrected chi connectivity index (χ1v) is 10.6. The molecule has 0 aliphatic heterocycles. The first kappa shape index (κ1) is 18.6. The maximum Gasteiger partial charge on any atom is 0.251 e. The van der Waals surface area contributed by atoms with Gasteiger partial charge in [0.2, 0.25) is 0 Å². The highest BCUT2D eigenvalue weighted by Crippen LogP contribution is 2.62. The van der Waals surface area contributed by atoms with E-state index in [-0.39, 0.29) is 23.8 Å². The smallest absolute Gasteiger partial charge is 0.251 e. The number of carbonyl (C=O) groups is 1. The molecular formula is C23H23ClFN3O. The Labute approximate surface area is 174 Å². The Kier molecular flexibility index (Phi) is 4.58. The Bertz CT molecular complexity index is 1050. The summed E-state index contributed by atoms with van der Waals surface area (Å²) < 4.78 is 16.2. The number of nitrogens with one attached hydrogen (secondary N) is 1. The van der Waals surface area contributed by atoms with Gasteiger partial charge in [-0.25, -0.2) is 4.39 Å². The van der Waals surface area contributed by atoms with Crippen LogP contribution in [0.1, 0.15) is 42.6 Å². The molecule has 1 N–H and O–H groups in total. The number of nitrogens with zero attached hydrogens (tertiary/aromatic N) is 2. The van der Waals surface area contributed by atoms with Crippen LogP contribution in [-0.2, 0) is 0 Å². The van der Waals surface area contributed by atoms with Crippen molar-refractivity contribution < 1.29 is 9.18 Å².